The first kappa shape index (κ1) is 9.81. The fraction of sp³-hybridized carbons (Fsp3) is 0. The van der Waals surface area contributed by atoms with E-state index in [2.05, 4.69) is 10.2 Å². The van der Waals surface area contributed by atoms with E-state index in [1.165, 1.54) is 24.8 Å². The van der Waals surface area contributed by atoms with Gasteiger partial charge in [0.1, 0.15) is 12.7 Å². The summed E-state index contributed by atoms with van der Waals surface area (Å²) in [5, 5.41) is 12.3. The van der Waals surface area contributed by atoms with E-state index < -0.39 is 10.0 Å². The van der Waals surface area contributed by atoms with Gasteiger partial charge in [0.25, 0.3) is 0 Å². The van der Waals surface area contributed by atoms with Crippen LogP contribution >= 0.6 is 0 Å². The third-order valence-corrected chi connectivity index (χ3v) is 2.77. The molecule has 78 valence electrons. The molecule has 0 aliphatic heterocycles. The molecule has 0 radical (unpaired) electrons. The molecule has 1 aromatic carbocycles. The van der Waals surface area contributed by atoms with Gasteiger partial charge in [-0.1, -0.05) is 6.07 Å². The van der Waals surface area contributed by atoms with Crippen LogP contribution < -0.4 is 5.14 Å². The molecule has 0 saturated heterocycles. The number of primary sulfonamides is 1. The number of hydrogen-bond donors (Lipinski definition) is 1. The lowest BCUT2D eigenvalue weighted by Crippen LogP contribution is -2.12. The largest absolute Gasteiger partial charge is 0.288 e. The molecule has 0 aliphatic rings. The Hall–Kier alpha value is -1.73. The maximum absolute atomic E-state index is 11.1. The smallest absolute Gasteiger partial charge is 0.238 e. The lowest BCUT2D eigenvalue weighted by Gasteiger charge is -2.02. The van der Waals surface area contributed by atoms with Crippen LogP contribution in [-0.2, 0) is 10.0 Å². The number of nitrogens with two attached hydrogens (primary N) is 1. The zero-order chi connectivity index (χ0) is 10.9. The third kappa shape index (κ3) is 2.03. The quantitative estimate of drug-likeness (QED) is 0.772. The predicted molar refractivity (Wildman–Crippen MR) is 52.7 cm³/mol. The molecule has 0 aliphatic carbocycles. The summed E-state index contributed by atoms with van der Waals surface area (Å²) < 4.78 is 23.8. The van der Waals surface area contributed by atoms with Gasteiger partial charge in [-0.3, -0.25) is 4.57 Å². The van der Waals surface area contributed by atoms with E-state index in [1.807, 2.05) is 0 Å². The van der Waals surface area contributed by atoms with E-state index in [1.54, 1.807) is 16.7 Å². The predicted octanol–water partition coefficient (Wildman–Crippen LogP) is -0.0853. The minimum atomic E-state index is -3.67. The lowest BCUT2D eigenvalue weighted by molar-refractivity contribution is 0.597. The first-order valence-corrected chi connectivity index (χ1v) is 5.60. The molecule has 6 nitrogen and oxygen atoms in total. The van der Waals surface area contributed by atoms with E-state index in [9.17, 15) is 8.42 Å². The second kappa shape index (κ2) is 3.44. The van der Waals surface area contributed by atoms with Gasteiger partial charge in [0.15, 0.2) is 0 Å². The first-order valence-electron chi connectivity index (χ1n) is 4.05. The van der Waals surface area contributed by atoms with Gasteiger partial charge in [-0.25, -0.2) is 13.6 Å². The van der Waals surface area contributed by atoms with Crippen molar-refractivity contribution in [3.05, 3.63) is 36.9 Å². The average Bonchev–Trinajstić information content (AvgIpc) is 2.69. The second-order valence-electron chi connectivity index (χ2n) is 2.91. The van der Waals surface area contributed by atoms with Crippen molar-refractivity contribution in [1.29, 1.82) is 0 Å². The fourth-order valence-corrected chi connectivity index (χ4v) is 1.71. The number of sulfonamides is 1. The summed E-state index contributed by atoms with van der Waals surface area (Å²) in [6.07, 6.45) is 2.95. The van der Waals surface area contributed by atoms with Crippen molar-refractivity contribution in [2.24, 2.45) is 5.14 Å². The van der Waals surface area contributed by atoms with Gasteiger partial charge < -0.3 is 0 Å². The van der Waals surface area contributed by atoms with Gasteiger partial charge in [-0.15, -0.1) is 10.2 Å². The van der Waals surface area contributed by atoms with E-state index in [-0.39, 0.29) is 4.90 Å². The molecular formula is C8H8N4O2S. The lowest BCUT2D eigenvalue weighted by atomic mass is 10.3. The minimum Gasteiger partial charge on any atom is -0.288 e. The fourth-order valence-electron chi connectivity index (χ4n) is 1.16. The Bertz CT molecular complexity index is 562. The van der Waals surface area contributed by atoms with Crippen LogP contribution in [0.3, 0.4) is 0 Å². The zero-order valence-corrected chi connectivity index (χ0v) is 8.42. The van der Waals surface area contributed by atoms with Gasteiger partial charge in [0, 0.05) is 5.69 Å². The molecule has 15 heavy (non-hydrogen) atoms. The monoisotopic (exact) mass is 224 g/mol. The number of benzene rings is 1. The third-order valence-electron chi connectivity index (χ3n) is 1.86. The normalized spacial score (nSPS) is 11.5. The van der Waals surface area contributed by atoms with Crippen LogP contribution in [0.25, 0.3) is 5.69 Å². The van der Waals surface area contributed by atoms with Crippen LogP contribution in [0.5, 0.6) is 0 Å². The number of nitrogens with zero attached hydrogens (tertiary/aromatic N) is 3. The molecule has 0 bridgehead atoms. The van der Waals surface area contributed by atoms with Crippen molar-refractivity contribution in [1.82, 2.24) is 14.8 Å². The molecule has 0 unspecified atom stereocenters. The van der Waals surface area contributed by atoms with Gasteiger partial charge in [0.2, 0.25) is 10.0 Å². The molecule has 0 spiro atoms. The Morgan fingerprint density at radius 1 is 1.20 bits per heavy atom. The van der Waals surface area contributed by atoms with Crippen LogP contribution in [0.2, 0.25) is 0 Å². The van der Waals surface area contributed by atoms with E-state index >= 15 is 0 Å². The summed E-state index contributed by atoms with van der Waals surface area (Å²) in [6, 6.07) is 6.23. The van der Waals surface area contributed by atoms with Gasteiger partial charge in [0.05, 0.1) is 4.90 Å². The molecule has 0 saturated carbocycles. The minimum absolute atomic E-state index is 0.0636. The summed E-state index contributed by atoms with van der Waals surface area (Å²) in [4.78, 5) is 0.0636. The Morgan fingerprint density at radius 2 is 1.87 bits per heavy atom. The van der Waals surface area contributed by atoms with Crippen LogP contribution in [0.1, 0.15) is 0 Å². The Kier molecular flexibility index (Phi) is 2.25. The highest BCUT2D eigenvalue weighted by molar-refractivity contribution is 7.89. The zero-order valence-electron chi connectivity index (χ0n) is 7.61. The maximum atomic E-state index is 11.1. The van der Waals surface area contributed by atoms with E-state index in [4.69, 9.17) is 5.14 Å². The van der Waals surface area contributed by atoms with Crippen LogP contribution in [-0.4, -0.2) is 23.2 Å². The summed E-state index contributed by atoms with van der Waals surface area (Å²) >= 11 is 0. The Morgan fingerprint density at radius 3 is 2.47 bits per heavy atom. The topological polar surface area (TPSA) is 90.9 Å². The molecular weight excluding hydrogens is 216 g/mol. The van der Waals surface area contributed by atoms with Crippen LogP contribution in [0.4, 0.5) is 0 Å². The number of hydrogen-bond acceptors (Lipinski definition) is 4. The van der Waals surface area contributed by atoms with Gasteiger partial charge in [-0.2, -0.15) is 0 Å². The van der Waals surface area contributed by atoms with Crippen molar-refractivity contribution in [2.75, 3.05) is 0 Å². The van der Waals surface area contributed by atoms with Crippen molar-refractivity contribution in [2.45, 2.75) is 4.90 Å². The molecule has 2 aromatic rings. The SMILES string of the molecule is NS(=O)(=O)c1cccc(-n2cnnc2)c1. The van der Waals surface area contributed by atoms with Crippen molar-refractivity contribution < 1.29 is 8.42 Å². The molecule has 7 heteroatoms. The van der Waals surface area contributed by atoms with Crippen LogP contribution in [0.15, 0.2) is 41.8 Å². The van der Waals surface area contributed by atoms with Crippen molar-refractivity contribution in [3.63, 3.8) is 0 Å². The highest BCUT2D eigenvalue weighted by atomic mass is 32.2. The first-order chi connectivity index (χ1) is 7.07. The van der Waals surface area contributed by atoms with Crippen molar-refractivity contribution in [3.8, 4) is 5.69 Å². The summed E-state index contributed by atoms with van der Waals surface area (Å²) in [6.45, 7) is 0. The molecule has 2 rings (SSSR count). The summed E-state index contributed by atoms with van der Waals surface area (Å²) in [5.74, 6) is 0. The Labute approximate surface area is 86.4 Å². The second-order valence-corrected chi connectivity index (χ2v) is 4.47. The molecule has 0 amide bonds. The number of rotatable bonds is 2. The van der Waals surface area contributed by atoms with Crippen LogP contribution in [0, 0.1) is 0 Å². The number of aromatic nitrogens is 3. The van der Waals surface area contributed by atoms with E-state index in [0.29, 0.717) is 5.69 Å². The maximum Gasteiger partial charge on any atom is 0.238 e. The molecule has 1 heterocycles. The standard InChI is InChI=1S/C8H8N4O2S/c9-15(13,14)8-3-1-2-7(4-8)12-5-10-11-6-12/h1-6H,(H2,9,13,14). The Balaban J connectivity index is 2.53. The molecule has 0 fully saturated rings. The summed E-state index contributed by atoms with van der Waals surface area (Å²) in [5.41, 5.74) is 0.645. The molecule has 1 aromatic heterocycles. The molecule has 0 atom stereocenters. The summed E-state index contributed by atoms with van der Waals surface area (Å²) in [7, 11) is -3.67. The van der Waals surface area contributed by atoms with Gasteiger partial charge in [-0.05, 0) is 18.2 Å². The highest BCUT2D eigenvalue weighted by Crippen LogP contribution is 2.12. The van der Waals surface area contributed by atoms with E-state index in [0.717, 1.165) is 0 Å². The average molecular weight is 224 g/mol. The highest BCUT2D eigenvalue weighted by Gasteiger charge is 2.08. The van der Waals surface area contributed by atoms with Crippen molar-refractivity contribution >= 4 is 10.0 Å². The molecule has 2 N–H and O–H groups in total. The van der Waals surface area contributed by atoms with Gasteiger partial charge >= 0.3 is 0 Å².